The van der Waals surface area contributed by atoms with Gasteiger partial charge in [-0.15, -0.1) is 12.4 Å². The molecule has 1 heterocycles. The van der Waals surface area contributed by atoms with Crippen molar-refractivity contribution in [2.75, 3.05) is 45.6 Å². The van der Waals surface area contributed by atoms with Crippen molar-refractivity contribution >= 4 is 22.4 Å². The van der Waals surface area contributed by atoms with Crippen molar-refractivity contribution in [3.05, 3.63) is 0 Å². The number of halogens is 1. The molecule has 7 heteroatoms. The molecule has 0 aromatic carbocycles. The summed E-state index contributed by atoms with van der Waals surface area (Å²) in [5.41, 5.74) is 0. The predicted molar refractivity (Wildman–Crippen MR) is 71.1 cm³/mol. The smallest absolute Gasteiger partial charge is 0.216 e. The van der Waals surface area contributed by atoms with Crippen LogP contribution in [0.4, 0.5) is 0 Å². The summed E-state index contributed by atoms with van der Waals surface area (Å²) in [4.78, 5) is 0. The largest absolute Gasteiger partial charge is 0.381 e. The Hall–Kier alpha value is 0.120. The molecule has 17 heavy (non-hydrogen) atoms. The van der Waals surface area contributed by atoms with E-state index in [9.17, 15) is 8.42 Å². The third kappa shape index (κ3) is 5.52. The van der Waals surface area contributed by atoms with E-state index in [1.165, 1.54) is 0 Å². The molecule has 0 bridgehead atoms. The number of nitrogens with zero attached hydrogens (tertiary/aromatic N) is 1. The average Bonchev–Trinajstić information content (AvgIpc) is 2.68. The standard InChI is InChI=1S/C10H22N2O3S.ClH/c1-3-15-6-7-16(13,14)12-5-4-10(9-12)8-11-2;/h10-11H,3-9H2,1-2H3;1H. The molecule has 0 aromatic heterocycles. The van der Waals surface area contributed by atoms with Crippen LogP contribution in [0.2, 0.25) is 0 Å². The molecule has 1 fully saturated rings. The highest BCUT2D eigenvalue weighted by Gasteiger charge is 2.30. The predicted octanol–water partition coefficient (Wildman–Crippen LogP) is 0.316. The van der Waals surface area contributed by atoms with Gasteiger partial charge in [-0.3, -0.25) is 0 Å². The van der Waals surface area contributed by atoms with Crippen LogP contribution < -0.4 is 5.32 Å². The highest BCUT2D eigenvalue weighted by molar-refractivity contribution is 7.89. The Labute approximate surface area is 110 Å². The maximum absolute atomic E-state index is 11.9. The minimum absolute atomic E-state index is 0. The Bertz CT molecular complexity index is 298. The van der Waals surface area contributed by atoms with E-state index < -0.39 is 10.0 Å². The van der Waals surface area contributed by atoms with Gasteiger partial charge in [0.05, 0.1) is 12.4 Å². The van der Waals surface area contributed by atoms with Crippen molar-refractivity contribution in [3.8, 4) is 0 Å². The molecule has 0 saturated carbocycles. The minimum atomic E-state index is -3.10. The molecule has 1 unspecified atom stereocenters. The summed E-state index contributed by atoms with van der Waals surface area (Å²) in [6, 6.07) is 0. The second-order valence-corrected chi connectivity index (χ2v) is 6.17. The molecule has 0 aliphatic carbocycles. The third-order valence-electron chi connectivity index (χ3n) is 2.82. The quantitative estimate of drug-likeness (QED) is 0.685. The average molecular weight is 287 g/mol. The van der Waals surface area contributed by atoms with Gasteiger partial charge < -0.3 is 10.1 Å². The van der Waals surface area contributed by atoms with Crippen molar-refractivity contribution in [1.29, 1.82) is 0 Å². The van der Waals surface area contributed by atoms with Crippen LogP contribution in [0.5, 0.6) is 0 Å². The van der Waals surface area contributed by atoms with Crippen LogP contribution >= 0.6 is 12.4 Å². The normalized spacial score (nSPS) is 21.4. The van der Waals surface area contributed by atoms with E-state index in [0.717, 1.165) is 13.0 Å². The van der Waals surface area contributed by atoms with Gasteiger partial charge in [0.2, 0.25) is 10.0 Å². The van der Waals surface area contributed by atoms with Crippen LogP contribution in [0.25, 0.3) is 0 Å². The van der Waals surface area contributed by atoms with Crippen molar-refractivity contribution < 1.29 is 13.2 Å². The Kier molecular flexibility index (Phi) is 8.32. The number of rotatable bonds is 7. The van der Waals surface area contributed by atoms with Gasteiger partial charge in [-0.2, -0.15) is 0 Å². The first-order valence-electron chi connectivity index (χ1n) is 5.80. The van der Waals surface area contributed by atoms with E-state index in [4.69, 9.17) is 4.74 Å². The van der Waals surface area contributed by atoms with Gasteiger partial charge in [-0.1, -0.05) is 0 Å². The summed E-state index contributed by atoms with van der Waals surface area (Å²) in [5, 5.41) is 3.09. The second-order valence-electron chi connectivity index (χ2n) is 4.08. The third-order valence-corrected chi connectivity index (χ3v) is 4.63. The van der Waals surface area contributed by atoms with E-state index in [-0.39, 0.29) is 18.2 Å². The first kappa shape index (κ1) is 17.1. The monoisotopic (exact) mass is 286 g/mol. The zero-order valence-electron chi connectivity index (χ0n) is 10.5. The summed E-state index contributed by atoms with van der Waals surface area (Å²) in [7, 11) is -1.21. The van der Waals surface area contributed by atoms with E-state index in [1.807, 2.05) is 14.0 Å². The van der Waals surface area contributed by atoms with Crippen LogP contribution in [-0.4, -0.2) is 58.4 Å². The van der Waals surface area contributed by atoms with Crippen LogP contribution in [-0.2, 0) is 14.8 Å². The molecule has 0 aromatic rings. The highest BCUT2D eigenvalue weighted by atomic mass is 35.5. The molecular formula is C10H23ClN2O3S. The molecule has 1 saturated heterocycles. The summed E-state index contributed by atoms with van der Waals surface area (Å²) in [6.45, 7) is 4.92. The van der Waals surface area contributed by atoms with Crippen LogP contribution in [0.3, 0.4) is 0 Å². The maximum Gasteiger partial charge on any atom is 0.216 e. The van der Waals surface area contributed by atoms with E-state index in [0.29, 0.717) is 32.2 Å². The number of sulfonamides is 1. The zero-order valence-corrected chi connectivity index (χ0v) is 12.1. The molecule has 0 radical (unpaired) electrons. The Morgan fingerprint density at radius 1 is 1.47 bits per heavy atom. The maximum atomic E-state index is 11.9. The lowest BCUT2D eigenvalue weighted by Crippen LogP contribution is -2.33. The molecule has 1 atom stereocenters. The Morgan fingerprint density at radius 2 is 2.18 bits per heavy atom. The van der Waals surface area contributed by atoms with Crippen molar-refractivity contribution in [3.63, 3.8) is 0 Å². The molecule has 104 valence electrons. The van der Waals surface area contributed by atoms with Crippen LogP contribution in [0.1, 0.15) is 13.3 Å². The summed E-state index contributed by atoms with van der Waals surface area (Å²) < 4.78 is 30.4. The van der Waals surface area contributed by atoms with Gasteiger partial charge in [-0.25, -0.2) is 12.7 Å². The van der Waals surface area contributed by atoms with Gasteiger partial charge in [-0.05, 0) is 32.9 Å². The van der Waals surface area contributed by atoms with E-state index in [1.54, 1.807) is 4.31 Å². The highest BCUT2D eigenvalue weighted by Crippen LogP contribution is 2.18. The minimum Gasteiger partial charge on any atom is -0.381 e. The lowest BCUT2D eigenvalue weighted by molar-refractivity contribution is 0.162. The number of nitrogens with one attached hydrogen (secondary N) is 1. The van der Waals surface area contributed by atoms with Crippen molar-refractivity contribution in [2.45, 2.75) is 13.3 Å². The molecule has 0 amide bonds. The SMILES string of the molecule is CCOCCS(=O)(=O)N1CCC(CNC)C1.Cl. The van der Waals surface area contributed by atoms with Gasteiger partial charge in [0.1, 0.15) is 0 Å². The van der Waals surface area contributed by atoms with Gasteiger partial charge in [0, 0.05) is 19.7 Å². The Balaban J connectivity index is 0.00000256. The molecule has 0 spiro atoms. The molecule has 1 rings (SSSR count). The topological polar surface area (TPSA) is 58.6 Å². The Morgan fingerprint density at radius 3 is 2.76 bits per heavy atom. The van der Waals surface area contributed by atoms with E-state index >= 15 is 0 Å². The molecule has 1 aliphatic heterocycles. The number of ether oxygens (including phenoxy) is 1. The number of hydrogen-bond donors (Lipinski definition) is 1. The number of hydrogen-bond acceptors (Lipinski definition) is 4. The molecule has 5 nitrogen and oxygen atoms in total. The summed E-state index contributed by atoms with van der Waals surface area (Å²) in [6.07, 6.45) is 0.953. The first-order chi connectivity index (χ1) is 7.60. The summed E-state index contributed by atoms with van der Waals surface area (Å²) in [5.74, 6) is 0.555. The lowest BCUT2D eigenvalue weighted by atomic mass is 10.1. The van der Waals surface area contributed by atoms with Crippen LogP contribution in [0.15, 0.2) is 0 Å². The fraction of sp³-hybridized carbons (Fsp3) is 1.00. The molecular weight excluding hydrogens is 264 g/mol. The lowest BCUT2D eigenvalue weighted by Gasteiger charge is -2.16. The van der Waals surface area contributed by atoms with Gasteiger partial charge in [0.25, 0.3) is 0 Å². The van der Waals surface area contributed by atoms with Crippen molar-refractivity contribution in [1.82, 2.24) is 9.62 Å². The fourth-order valence-electron chi connectivity index (χ4n) is 1.94. The van der Waals surface area contributed by atoms with Gasteiger partial charge >= 0.3 is 0 Å². The summed E-state index contributed by atoms with van der Waals surface area (Å²) >= 11 is 0. The second kappa shape index (κ2) is 8.26. The zero-order chi connectivity index (χ0) is 12.0. The van der Waals surface area contributed by atoms with Crippen molar-refractivity contribution in [2.24, 2.45) is 5.92 Å². The first-order valence-corrected chi connectivity index (χ1v) is 7.41. The molecule has 1 N–H and O–H groups in total. The van der Waals surface area contributed by atoms with Gasteiger partial charge in [0.15, 0.2) is 0 Å². The van der Waals surface area contributed by atoms with E-state index in [2.05, 4.69) is 5.32 Å². The van der Waals surface area contributed by atoms with Crippen LogP contribution in [0, 0.1) is 5.92 Å². The fourth-order valence-corrected chi connectivity index (χ4v) is 3.35. The molecule has 1 aliphatic rings.